The number of aliphatic carboxylic acids is 1. The standard InChI is InChI=1S/C15H19NO3/c17-9-15(4-5-15)12-3-1-2-10(6-12)13-7-11(8-16-13)14(18)19/h1-3,6,11,13,16-17H,4-5,7-9H2,(H,18,19). The quantitative estimate of drug-likeness (QED) is 0.767. The molecule has 1 aromatic carbocycles. The molecule has 2 unspecified atom stereocenters. The maximum Gasteiger partial charge on any atom is 0.307 e. The summed E-state index contributed by atoms with van der Waals surface area (Å²) in [5.74, 6) is -1.01. The van der Waals surface area contributed by atoms with Gasteiger partial charge in [0.15, 0.2) is 0 Å². The van der Waals surface area contributed by atoms with Gasteiger partial charge >= 0.3 is 5.97 Å². The first-order chi connectivity index (χ1) is 9.14. The molecular formula is C15H19NO3. The predicted octanol–water partition coefficient (Wildman–Crippen LogP) is 1.45. The number of nitrogens with one attached hydrogen (secondary N) is 1. The normalized spacial score (nSPS) is 28.3. The van der Waals surface area contributed by atoms with Crippen LogP contribution in [0.15, 0.2) is 24.3 Å². The Morgan fingerprint density at radius 2 is 2.21 bits per heavy atom. The van der Waals surface area contributed by atoms with Crippen LogP contribution < -0.4 is 5.32 Å². The minimum absolute atomic E-state index is 0.0270. The zero-order chi connectivity index (χ0) is 13.5. The third-order valence-electron chi connectivity index (χ3n) is 4.54. The molecule has 4 nitrogen and oxygen atoms in total. The molecule has 1 aliphatic carbocycles. The summed E-state index contributed by atoms with van der Waals surface area (Å²) in [6.07, 6.45) is 2.73. The van der Waals surface area contributed by atoms with Crippen LogP contribution in [0.25, 0.3) is 0 Å². The van der Waals surface area contributed by atoms with E-state index < -0.39 is 5.97 Å². The summed E-state index contributed by atoms with van der Waals surface area (Å²) < 4.78 is 0. The summed E-state index contributed by atoms with van der Waals surface area (Å²) in [4.78, 5) is 11.0. The average molecular weight is 261 g/mol. The van der Waals surface area contributed by atoms with Crippen LogP contribution in [0.3, 0.4) is 0 Å². The number of benzene rings is 1. The van der Waals surface area contributed by atoms with E-state index in [4.69, 9.17) is 5.11 Å². The van der Waals surface area contributed by atoms with Crippen molar-refractivity contribution in [3.8, 4) is 0 Å². The van der Waals surface area contributed by atoms with Crippen molar-refractivity contribution < 1.29 is 15.0 Å². The van der Waals surface area contributed by atoms with Gasteiger partial charge in [-0.15, -0.1) is 0 Å². The predicted molar refractivity (Wildman–Crippen MR) is 70.9 cm³/mol. The van der Waals surface area contributed by atoms with Gasteiger partial charge in [0.2, 0.25) is 0 Å². The number of rotatable bonds is 4. The summed E-state index contributed by atoms with van der Waals surface area (Å²) >= 11 is 0. The molecule has 0 bridgehead atoms. The molecule has 0 aromatic heterocycles. The largest absolute Gasteiger partial charge is 0.481 e. The van der Waals surface area contributed by atoms with Crippen molar-refractivity contribution in [3.05, 3.63) is 35.4 Å². The van der Waals surface area contributed by atoms with E-state index in [2.05, 4.69) is 17.4 Å². The molecular weight excluding hydrogens is 242 g/mol. The Balaban J connectivity index is 1.79. The zero-order valence-corrected chi connectivity index (χ0v) is 10.8. The lowest BCUT2D eigenvalue weighted by Crippen LogP contribution is -2.17. The number of hydrogen-bond acceptors (Lipinski definition) is 3. The zero-order valence-electron chi connectivity index (χ0n) is 10.8. The highest BCUT2D eigenvalue weighted by Crippen LogP contribution is 2.48. The molecule has 3 N–H and O–H groups in total. The maximum atomic E-state index is 11.0. The Morgan fingerprint density at radius 1 is 1.42 bits per heavy atom. The minimum atomic E-state index is -0.722. The van der Waals surface area contributed by atoms with Gasteiger partial charge in [-0.1, -0.05) is 24.3 Å². The van der Waals surface area contributed by atoms with Crippen LogP contribution in [0, 0.1) is 5.92 Å². The van der Waals surface area contributed by atoms with Crippen molar-refractivity contribution in [2.24, 2.45) is 5.92 Å². The van der Waals surface area contributed by atoms with Gasteiger partial charge in [-0.3, -0.25) is 4.79 Å². The van der Waals surface area contributed by atoms with Crippen molar-refractivity contribution >= 4 is 5.97 Å². The lowest BCUT2D eigenvalue weighted by molar-refractivity contribution is -0.141. The second-order valence-corrected chi connectivity index (χ2v) is 5.80. The average Bonchev–Trinajstić information content (AvgIpc) is 3.07. The minimum Gasteiger partial charge on any atom is -0.481 e. The molecule has 1 saturated carbocycles. The fourth-order valence-corrected chi connectivity index (χ4v) is 2.95. The van der Waals surface area contributed by atoms with Crippen LogP contribution in [0.1, 0.15) is 36.4 Å². The molecule has 4 heteroatoms. The second kappa shape index (κ2) is 4.62. The number of carbonyl (C=O) groups is 1. The summed E-state index contributed by atoms with van der Waals surface area (Å²) in [6, 6.07) is 8.37. The van der Waals surface area contributed by atoms with Gasteiger partial charge in [0.25, 0.3) is 0 Å². The van der Waals surface area contributed by atoms with Crippen LogP contribution in [-0.4, -0.2) is 29.3 Å². The van der Waals surface area contributed by atoms with Gasteiger partial charge in [0.1, 0.15) is 0 Å². The maximum absolute atomic E-state index is 11.0. The molecule has 102 valence electrons. The SMILES string of the molecule is O=C(O)C1CNC(c2cccc(C3(CO)CC3)c2)C1. The second-order valence-electron chi connectivity index (χ2n) is 5.80. The van der Waals surface area contributed by atoms with Crippen LogP contribution in [0.4, 0.5) is 0 Å². The van der Waals surface area contributed by atoms with Gasteiger partial charge in [-0.05, 0) is 30.4 Å². The van der Waals surface area contributed by atoms with Crippen molar-refractivity contribution in [1.29, 1.82) is 0 Å². The number of aliphatic hydroxyl groups excluding tert-OH is 1. The van der Waals surface area contributed by atoms with E-state index in [1.54, 1.807) is 0 Å². The summed E-state index contributed by atoms with van der Waals surface area (Å²) in [5.41, 5.74) is 2.30. The molecule has 0 radical (unpaired) electrons. The Bertz CT molecular complexity index is 496. The molecule has 0 spiro atoms. The van der Waals surface area contributed by atoms with Gasteiger partial charge in [0.05, 0.1) is 12.5 Å². The van der Waals surface area contributed by atoms with E-state index in [9.17, 15) is 9.90 Å². The topological polar surface area (TPSA) is 69.6 Å². The highest BCUT2D eigenvalue weighted by atomic mass is 16.4. The Morgan fingerprint density at radius 3 is 2.79 bits per heavy atom. The smallest absolute Gasteiger partial charge is 0.307 e. The van der Waals surface area contributed by atoms with Crippen LogP contribution in [0.2, 0.25) is 0 Å². The first-order valence-corrected chi connectivity index (χ1v) is 6.82. The molecule has 0 amide bonds. The molecule has 2 aliphatic rings. The van der Waals surface area contributed by atoms with Crippen LogP contribution in [0.5, 0.6) is 0 Å². The number of hydrogen-bond donors (Lipinski definition) is 3. The van der Waals surface area contributed by atoms with E-state index >= 15 is 0 Å². The van der Waals surface area contributed by atoms with E-state index in [1.165, 1.54) is 5.56 Å². The highest BCUT2D eigenvalue weighted by Gasteiger charge is 2.44. The number of carboxylic acids is 1. The third-order valence-corrected chi connectivity index (χ3v) is 4.54. The summed E-state index contributed by atoms with van der Waals surface area (Å²) in [7, 11) is 0. The first kappa shape index (κ1) is 12.6. The Hall–Kier alpha value is -1.39. The molecule has 2 fully saturated rings. The molecule has 1 saturated heterocycles. The monoisotopic (exact) mass is 261 g/mol. The van der Waals surface area contributed by atoms with Gasteiger partial charge in [0, 0.05) is 18.0 Å². The van der Waals surface area contributed by atoms with Crippen LogP contribution in [-0.2, 0) is 10.2 Å². The fourth-order valence-electron chi connectivity index (χ4n) is 2.95. The molecule has 3 rings (SSSR count). The van der Waals surface area contributed by atoms with E-state index in [-0.39, 0.29) is 24.0 Å². The van der Waals surface area contributed by atoms with Crippen LogP contribution >= 0.6 is 0 Å². The van der Waals surface area contributed by atoms with Crippen molar-refractivity contribution in [3.63, 3.8) is 0 Å². The fraction of sp³-hybridized carbons (Fsp3) is 0.533. The van der Waals surface area contributed by atoms with E-state index in [0.29, 0.717) is 13.0 Å². The number of aliphatic hydroxyl groups is 1. The number of carboxylic acid groups (broad SMARTS) is 1. The molecule has 1 heterocycles. The molecule has 19 heavy (non-hydrogen) atoms. The van der Waals surface area contributed by atoms with Gasteiger partial charge in [-0.25, -0.2) is 0 Å². The third kappa shape index (κ3) is 2.26. The lowest BCUT2D eigenvalue weighted by atomic mass is 9.92. The van der Waals surface area contributed by atoms with Crippen molar-refractivity contribution in [2.75, 3.05) is 13.2 Å². The summed E-state index contributed by atoms with van der Waals surface area (Å²) in [5, 5.41) is 21.8. The Labute approximate surface area is 112 Å². The van der Waals surface area contributed by atoms with Crippen molar-refractivity contribution in [1.82, 2.24) is 5.32 Å². The van der Waals surface area contributed by atoms with Crippen molar-refractivity contribution in [2.45, 2.75) is 30.7 Å². The first-order valence-electron chi connectivity index (χ1n) is 6.82. The molecule has 1 aliphatic heterocycles. The molecule has 1 aromatic rings. The van der Waals surface area contributed by atoms with E-state index in [1.807, 2.05) is 12.1 Å². The van der Waals surface area contributed by atoms with Gasteiger partial charge < -0.3 is 15.5 Å². The Kier molecular flexibility index (Phi) is 3.07. The van der Waals surface area contributed by atoms with Gasteiger partial charge in [-0.2, -0.15) is 0 Å². The van der Waals surface area contributed by atoms with E-state index in [0.717, 1.165) is 18.4 Å². The lowest BCUT2D eigenvalue weighted by Gasteiger charge is -2.16. The highest BCUT2D eigenvalue weighted by molar-refractivity contribution is 5.70. The molecule has 2 atom stereocenters. The summed E-state index contributed by atoms with van der Waals surface area (Å²) in [6.45, 7) is 0.738.